The quantitative estimate of drug-likeness (QED) is 0.457. The molecular weight excluding hydrogens is 312 g/mol. The van der Waals surface area contributed by atoms with E-state index in [1.165, 1.54) is 0 Å². The lowest BCUT2D eigenvalue weighted by Gasteiger charge is -2.16. The highest BCUT2D eigenvalue weighted by Gasteiger charge is 2.42. The van der Waals surface area contributed by atoms with Gasteiger partial charge in [-0.05, 0) is 18.4 Å². The van der Waals surface area contributed by atoms with Gasteiger partial charge in [0.15, 0.2) is 0 Å². The van der Waals surface area contributed by atoms with E-state index in [-0.39, 0.29) is 24.1 Å². The lowest BCUT2D eigenvalue weighted by Crippen LogP contribution is -2.36. The van der Waals surface area contributed by atoms with Crippen molar-refractivity contribution < 1.29 is 14.3 Å². The molecule has 23 heavy (non-hydrogen) atoms. The Labute approximate surface area is 140 Å². The van der Waals surface area contributed by atoms with Gasteiger partial charge in [0.2, 0.25) is 0 Å². The molecule has 0 saturated carbocycles. The molecule has 2 amide bonds. The first-order valence-electron chi connectivity index (χ1n) is 8.10. The van der Waals surface area contributed by atoms with E-state index in [0.717, 1.165) is 30.6 Å². The van der Waals surface area contributed by atoms with Gasteiger partial charge in [-0.25, -0.2) is 4.79 Å². The number of nitrogens with one attached hydrogen (secondary N) is 2. The van der Waals surface area contributed by atoms with Gasteiger partial charge in [-0.1, -0.05) is 36.8 Å². The summed E-state index contributed by atoms with van der Waals surface area (Å²) in [4.78, 5) is 23.1. The van der Waals surface area contributed by atoms with E-state index in [1.54, 1.807) is 0 Å². The van der Waals surface area contributed by atoms with Gasteiger partial charge in [0.25, 0.3) is 0 Å². The fourth-order valence-corrected chi connectivity index (χ4v) is 4.61. The average Bonchev–Trinajstić information content (AvgIpc) is 3.10. The van der Waals surface area contributed by atoms with E-state index in [9.17, 15) is 9.59 Å². The van der Waals surface area contributed by atoms with Crippen LogP contribution in [-0.4, -0.2) is 35.1 Å². The number of rotatable bonds is 7. The third kappa shape index (κ3) is 4.41. The number of hydrogen-bond acceptors (Lipinski definition) is 4. The van der Waals surface area contributed by atoms with Gasteiger partial charge in [0, 0.05) is 17.4 Å². The van der Waals surface area contributed by atoms with Crippen molar-refractivity contribution in [2.75, 3.05) is 5.75 Å². The molecule has 3 atom stereocenters. The van der Waals surface area contributed by atoms with Crippen LogP contribution in [0.2, 0.25) is 0 Å². The van der Waals surface area contributed by atoms with E-state index in [2.05, 4.69) is 10.6 Å². The number of ether oxygens (including phenoxy) is 1. The lowest BCUT2D eigenvalue weighted by molar-refractivity contribution is -0.145. The van der Waals surface area contributed by atoms with Crippen molar-refractivity contribution in [1.29, 1.82) is 0 Å². The minimum atomic E-state index is -0.137. The van der Waals surface area contributed by atoms with E-state index in [0.29, 0.717) is 18.3 Å². The van der Waals surface area contributed by atoms with Crippen molar-refractivity contribution in [3.05, 3.63) is 35.9 Å². The highest BCUT2D eigenvalue weighted by atomic mass is 32.2. The molecule has 2 aliphatic rings. The summed E-state index contributed by atoms with van der Waals surface area (Å²) in [7, 11) is 0. The summed E-state index contributed by atoms with van der Waals surface area (Å²) < 4.78 is 5.27. The Morgan fingerprint density at radius 2 is 2.04 bits per heavy atom. The summed E-state index contributed by atoms with van der Waals surface area (Å²) in [5.74, 6) is 0.842. The molecule has 5 nitrogen and oxygen atoms in total. The van der Waals surface area contributed by atoms with Crippen LogP contribution in [0.1, 0.15) is 31.2 Å². The SMILES string of the molecule is O=C1N[C@@H]2[C@@H](CS[C@@H]2CCCCC(=O)OCc2ccccc2)N1. The molecule has 0 aliphatic carbocycles. The smallest absolute Gasteiger partial charge is 0.315 e. The maximum Gasteiger partial charge on any atom is 0.315 e. The highest BCUT2D eigenvalue weighted by Crippen LogP contribution is 2.33. The maximum atomic E-state index is 11.7. The molecule has 2 N–H and O–H groups in total. The zero-order valence-corrected chi connectivity index (χ0v) is 13.8. The number of carbonyl (C=O) groups is 2. The average molecular weight is 334 g/mol. The summed E-state index contributed by atoms with van der Waals surface area (Å²) in [6, 6.07) is 10.2. The molecule has 0 radical (unpaired) electrons. The highest BCUT2D eigenvalue weighted by molar-refractivity contribution is 8.00. The third-order valence-electron chi connectivity index (χ3n) is 4.30. The Hall–Kier alpha value is -1.69. The van der Waals surface area contributed by atoms with Crippen LogP contribution in [0.25, 0.3) is 0 Å². The van der Waals surface area contributed by atoms with Crippen molar-refractivity contribution in [3.8, 4) is 0 Å². The largest absolute Gasteiger partial charge is 0.461 e. The number of thioether (sulfide) groups is 1. The van der Waals surface area contributed by atoms with Crippen LogP contribution < -0.4 is 10.6 Å². The second-order valence-corrected chi connectivity index (χ2v) is 7.29. The molecule has 0 aromatic heterocycles. The van der Waals surface area contributed by atoms with Crippen LogP contribution >= 0.6 is 11.8 Å². The fourth-order valence-electron chi connectivity index (χ4n) is 3.07. The Morgan fingerprint density at radius 1 is 1.22 bits per heavy atom. The van der Waals surface area contributed by atoms with Crippen molar-refractivity contribution in [1.82, 2.24) is 10.6 Å². The topological polar surface area (TPSA) is 67.4 Å². The summed E-state index contributed by atoms with van der Waals surface area (Å²) in [6.45, 7) is 0.347. The first kappa shape index (κ1) is 16.2. The van der Waals surface area contributed by atoms with Crippen molar-refractivity contribution in [2.24, 2.45) is 0 Å². The lowest BCUT2D eigenvalue weighted by atomic mass is 10.0. The summed E-state index contributed by atoms with van der Waals surface area (Å²) in [5, 5.41) is 6.39. The molecule has 2 aliphatic heterocycles. The maximum absolute atomic E-state index is 11.7. The predicted octanol–water partition coefficient (Wildman–Crippen LogP) is 2.46. The van der Waals surface area contributed by atoms with E-state index >= 15 is 0 Å². The van der Waals surface area contributed by atoms with E-state index in [1.807, 2.05) is 42.1 Å². The molecule has 0 bridgehead atoms. The van der Waals surface area contributed by atoms with Crippen molar-refractivity contribution >= 4 is 23.8 Å². The van der Waals surface area contributed by atoms with Gasteiger partial charge in [0.1, 0.15) is 6.61 Å². The van der Waals surface area contributed by atoms with Gasteiger partial charge >= 0.3 is 12.0 Å². The number of esters is 1. The molecule has 1 aromatic carbocycles. The van der Waals surface area contributed by atoms with Crippen LogP contribution in [0.3, 0.4) is 0 Å². The number of amides is 2. The van der Waals surface area contributed by atoms with Crippen LogP contribution in [0.4, 0.5) is 4.79 Å². The van der Waals surface area contributed by atoms with Gasteiger partial charge < -0.3 is 15.4 Å². The molecule has 3 rings (SSSR count). The molecule has 124 valence electrons. The summed E-state index contributed by atoms with van der Waals surface area (Å²) in [5.41, 5.74) is 1.01. The Kier molecular flexibility index (Phi) is 5.43. The third-order valence-corrected chi connectivity index (χ3v) is 5.81. The Morgan fingerprint density at radius 3 is 2.87 bits per heavy atom. The molecule has 6 heteroatoms. The van der Waals surface area contributed by atoms with Gasteiger partial charge in [0.05, 0.1) is 12.1 Å². The Balaban J connectivity index is 1.29. The second kappa shape index (κ2) is 7.73. The molecule has 2 saturated heterocycles. The van der Waals surface area contributed by atoms with Crippen LogP contribution in [0.5, 0.6) is 0 Å². The molecule has 0 spiro atoms. The zero-order valence-electron chi connectivity index (χ0n) is 13.0. The van der Waals surface area contributed by atoms with E-state index < -0.39 is 0 Å². The number of carbonyl (C=O) groups excluding carboxylic acids is 2. The first-order valence-corrected chi connectivity index (χ1v) is 9.15. The molecule has 2 heterocycles. The standard InChI is InChI=1S/C17H22N2O3S/c20-15(22-10-12-6-2-1-3-7-12)9-5-4-8-14-16-13(11-23-14)18-17(21)19-16/h1-3,6-7,13-14,16H,4-5,8-11H2,(H2,18,19,21)/t13-,14-,16-/m1/s1. The Bertz CT molecular complexity index is 552. The zero-order chi connectivity index (χ0) is 16.1. The number of benzene rings is 1. The van der Waals surface area contributed by atoms with Crippen LogP contribution in [0, 0.1) is 0 Å². The van der Waals surface area contributed by atoms with Crippen LogP contribution in [-0.2, 0) is 16.1 Å². The minimum absolute atomic E-state index is 0.0465. The van der Waals surface area contributed by atoms with E-state index in [4.69, 9.17) is 4.74 Å². The molecule has 1 aromatic rings. The van der Waals surface area contributed by atoms with Gasteiger partial charge in [-0.2, -0.15) is 11.8 Å². The number of hydrogen-bond donors (Lipinski definition) is 2. The second-order valence-electron chi connectivity index (χ2n) is 6.01. The molecule has 2 fully saturated rings. The van der Waals surface area contributed by atoms with Gasteiger partial charge in [-0.15, -0.1) is 0 Å². The minimum Gasteiger partial charge on any atom is -0.461 e. The van der Waals surface area contributed by atoms with Gasteiger partial charge in [-0.3, -0.25) is 4.79 Å². The number of unbranched alkanes of at least 4 members (excludes halogenated alkanes) is 1. The van der Waals surface area contributed by atoms with Crippen molar-refractivity contribution in [3.63, 3.8) is 0 Å². The molecular formula is C17H22N2O3S. The summed E-state index contributed by atoms with van der Waals surface area (Å²) in [6.07, 6.45) is 3.31. The number of fused-ring (bicyclic) bond motifs is 1. The van der Waals surface area contributed by atoms with Crippen LogP contribution in [0.15, 0.2) is 30.3 Å². The summed E-state index contributed by atoms with van der Waals surface area (Å²) >= 11 is 1.91. The molecule has 0 unspecified atom stereocenters. The normalized spacial score (nSPS) is 25.6. The number of urea groups is 1. The van der Waals surface area contributed by atoms with Crippen molar-refractivity contribution in [2.45, 2.75) is 49.6 Å². The fraction of sp³-hybridized carbons (Fsp3) is 0.529. The monoisotopic (exact) mass is 334 g/mol. The predicted molar refractivity (Wildman–Crippen MR) is 90.2 cm³/mol. The first-order chi connectivity index (χ1) is 11.2.